The van der Waals surface area contributed by atoms with Gasteiger partial charge in [0, 0.05) is 31.7 Å². The van der Waals surface area contributed by atoms with E-state index in [2.05, 4.69) is 20.8 Å². The molecule has 0 saturated heterocycles. The molecule has 1 aliphatic rings. The second-order valence-electron chi connectivity index (χ2n) is 9.71. The smallest absolute Gasteiger partial charge is 0.343 e. The first kappa shape index (κ1) is 23.5. The van der Waals surface area contributed by atoms with Crippen LogP contribution in [0.1, 0.15) is 44.1 Å². The Morgan fingerprint density at radius 1 is 1.24 bits per heavy atom. The lowest BCUT2D eigenvalue weighted by atomic mass is 9.85. The summed E-state index contributed by atoms with van der Waals surface area (Å²) in [5.74, 6) is -0.281. The van der Waals surface area contributed by atoms with E-state index in [9.17, 15) is 14.4 Å². The molecule has 1 amide bonds. The van der Waals surface area contributed by atoms with Gasteiger partial charge in [0.1, 0.15) is 16.8 Å². The van der Waals surface area contributed by atoms with Gasteiger partial charge in [-0.1, -0.05) is 32.9 Å². The number of hydrogen-bond acceptors (Lipinski definition) is 6. The number of nitrogens with zero attached hydrogens (tertiary/aromatic N) is 4. The lowest BCUT2D eigenvalue weighted by Gasteiger charge is -2.38. The van der Waals surface area contributed by atoms with Crippen LogP contribution < -0.4 is 10.2 Å². The zero-order chi connectivity index (χ0) is 24.8. The maximum absolute atomic E-state index is 12.9. The van der Waals surface area contributed by atoms with E-state index in [1.54, 1.807) is 33.3 Å². The topological polar surface area (TPSA) is 95.7 Å². The molecule has 0 spiro atoms. The van der Waals surface area contributed by atoms with Gasteiger partial charge in [0.2, 0.25) is 0 Å². The highest BCUT2D eigenvalue weighted by Crippen LogP contribution is 2.43. The molecular weight excluding hydrogens is 436 g/mol. The fraction of sp³-hybridized carbons (Fsp3) is 0.440. The van der Waals surface area contributed by atoms with E-state index >= 15 is 0 Å². The van der Waals surface area contributed by atoms with Gasteiger partial charge < -0.3 is 18.9 Å². The second kappa shape index (κ2) is 8.62. The summed E-state index contributed by atoms with van der Waals surface area (Å²) in [4.78, 5) is 38.9. The standard InChI is InChI=1S/C25H30N4O5/c1-7-33-24(32)16-12-28-17(11-18(16)30)23-15-9-8-10-19(34-14-21(31)27(5)6)22(15)26-29(23)13-20(28)25(2,3)4/h8-12,20H,7,13-14H2,1-6H3. The highest BCUT2D eigenvalue weighted by atomic mass is 16.5. The molecular formula is C25H30N4O5. The van der Waals surface area contributed by atoms with Crippen LogP contribution in [-0.4, -0.2) is 58.4 Å². The van der Waals surface area contributed by atoms with Crippen LogP contribution in [0.2, 0.25) is 0 Å². The monoisotopic (exact) mass is 466 g/mol. The van der Waals surface area contributed by atoms with Crippen molar-refractivity contribution in [2.24, 2.45) is 5.41 Å². The second-order valence-corrected chi connectivity index (χ2v) is 9.71. The quantitative estimate of drug-likeness (QED) is 0.536. The van der Waals surface area contributed by atoms with Gasteiger partial charge in [-0.3, -0.25) is 14.3 Å². The van der Waals surface area contributed by atoms with Crippen LogP contribution in [-0.2, 0) is 16.1 Å². The number of hydrogen-bond donors (Lipinski definition) is 0. The van der Waals surface area contributed by atoms with Crippen LogP contribution >= 0.6 is 0 Å². The fourth-order valence-electron chi connectivity index (χ4n) is 4.22. The molecule has 0 fully saturated rings. The van der Waals surface area contributed by atoms with Crippen LogP contribution in [0.15, 0.2) is 35.3 Å². The van der Waals surface area contributed by atoms with E-state index in [0.29, 0.717) is 23.5 Å². The minimum atomic E-state index is -0.624. The van der Waals surface area contributed by atoms with E-state index in [0.717, 1.165) is 11.1 Å². The van der Waals surface area contributed by atoms with E-state index in [-0.39, 0.29) is 36.1 Å². The molecule has 1 atom stereocenters. The molecule has 0 radical (unpaired) electrons. The van der Waals surface area contributed by atoms with E-state index in [1.165, 1.54) is 11.0 Å². The number of esters is 1. The zero-order valence-corrected chi connectivity index (χ0v) is 20.4. The summed E-state index contributed by atoms with van der Waals surface area (Å²) >= 11 is 0. The molecule has 1 aromatic carbocycles. The van der Waals surface area contributed by atoms with Crippen LogP contribution in [0.4, 0.5) is 0 Å². The third-order valence-electron chi connectivity index (χ3n) is 6.08. The molecule has 34 heavy (non-hydrogen) atoms. The summed E-state index contributed by atoms with van der Waals surface area (Å²) < 4.78 is 14.8. The van der Waals surface area contributed by atoms with Gasteiger partial charge in [0.15, 0.2) is 12.0 Å². The highest BCUT2D eigenvalue weighted by Gasteiger charge is 2.35. The maximum Gasteiger partial charge on any atom is 0.343 e. The number of amides is 1. The number of pyridine rings is 1. The predicted octanol–water partition coefficient (Wildman–Crippen LogP) is 3.11. The molecule has 0 aliphatic carbocycles. The molecule has 2 aromatic heterocycles. The summed E-state index contributed by atoms with van der Waals surface area (Å²) in [6, 6.07) is 6.95. The number of carbonyl (C=O) groups is 2. The van der Waals surface area contributed by atoms with Crippen LogP contribution in [0.25, 0.3) is 22.3 Å². The minimum Gasteiger partial charge on any atom is -0.481 e. The highest BCUT2D eigenvalue weighted by molar-refractivity contribution is 5.97. The van der Waals surface area contributed by atoms with E-state index in [4.69, 9.17) is 14.6 Å². The molecule has 1 unspecified atom stereocenters. The Hall–Kier alpha value is -3.62. The summed E-state index contributed by atoms with van der Waals surface area (Å²) in [7, 11) is 3.35. The van der Waals surface area contributed by atoms with Crippen molar-refractivity contribution in [3.05, 3.63) is 46.2 Å². The summed E-state index contributed by atoms with van der Waals surface area (Å²) in [6.45, 7) is 8.68. The van der Waals surface area contributed by atoms with Crippen molar-refractivity contribution in [2.75, 3.05) is 27.3 Å². The largest absolute Gasteiger partial charge is 0.481 e. The van der Waals surface area contributed by atoms with Crippen LogP contribution in [0.3, 0.4) is 0 Å². The number of aromatic nitrogens is 3. The maximum atomic E-state index is 12.9. The fourth-order valence-corrected chi connectivity index (χ4v) is 4.22. The number of fused-ring (bicyclic) bond motifs is 5. The summed E-state index contributed by atoms with van der Waals surface area (Å²) in [6.07, 6.45) is 1.62. The van der Waals surface area contributed by atoms with Crippen molar-refractivity contribution in [2.45, 2.75) is 40.3 Å². The molecule has 0 saturated carbocycles. The molecule has 3 aromatic rings. The SMILES string of the molecule is CCOC(=O)c1cn2c(cc1=O)-c1c3cccc(OCC(=O)N(C)C)c3nn1CC2C(C)(C)C. The van der Waals surface area contributed by atoms with Gasteiger partial charge in [-0.05, 0) is 18.4 Å². The Balaban J connectivity index is 1.89. The first-order valence-electron chi connectivity index (χ1n) is 11.3. The molecule has 3 heterocycles. The van der Waals surface area contributed by atoms with Crippen molar-refractivity contribution >= 4 is 22.8 Å². The zero-order valence-electron chi connectivity index (χ0n) is 20.4. The van der Waals surface area contributed by atoms with Gasteiger partial charge in [0.25, 0.3) is 5.91 Å². The number of benzene rings is 1. The average molecular weight is 467 g/mol. The molecule has 1 aliphatic heterocycles. The number of rotatable bonds is 5. The normalized spacial score (nSPS) is 14.9. The lowest BCUT2D eigenvalue weighted by molar-refractivity contribution is -0.130. The van der Waals surface area contributed by atoms with Gasteiger partial charge in [0.05, 0.1) is 30.6 Å². The van der Waals surface area contributed by atoms with Crippen molar-refractivity contribution in [3.8, 4) is 17.1 Å². The lowest BCUT2D eigenvalue weighted by Crippen LogP contribution is -2.35. The molecule has 4 rings (SSSR count). The van der Waals surface area contributed by atoms with Gasteiger partial charge in [-0.15, -0.1) is 0 Å². The molecule has 0 bridgehead atoms. The first-order chi connectivity index (χ1) is 16.0. The Bertz CT molecular complexity index is 1330. The van der Waals surface area contributed by atoms with Crippen molar-refractivity contribution < 1.29 is 19.1 Å². The van der Waals surface area contributed by atoms with Crippen molar-refractivity contribution in [1.29, 1.82) is 0 Å². The van der Waals surface area contributed by atoms with Gasteiger partial charge in [-0.25, -0.2) is 4.79 Å². The Morgan fingerprint density at radius 2 is 1.97 bits per heavy atom. The number of carbonyl (C=O) groups excluding carboxylic acids is 2. The molecule has 0 N–H and O–H groups in total. The average Bonchev–Trinajstić information content (AvgIpc) is 3.15. The van der Waals surface area contributed by atoms with Crippen molar-refractivity contribution in [1.82, 2.24) is 19.2 Å². The van der Waals surface area contributed by atoms with E-state index in [1.807, 2.05) is 21.4 Å². The van der Waals surface area contributed by atoms with Crippen LogP contribution in [0, 0.1) is 5.41 Å². The van der Waals surface area contributed by atoms with Gasteiger partial charge >= 0.3 is 5.97 Å². The molecule has 180 valence electrons. The van der Waals surface area contributed by atoms with Gasteiger partial charge in [-0.2, -0.15) is 5.10 Å². The molecule has 9 heteroatoms. The number of likely N-dealkylation sites (N-methyl/N-ethyl adjacent to an activating group) is 1. The van der Waals surface area contributed by atoms with Crippen molar-refractivity contribution in [3.63, 3.8) is 0 Å². The summed E-state index contributed by atoms with van der Waals surface area (Å²) in [5, 5.41) is 5.62. The minimum absolute atomic E-state index is 0.0170. The van der Waals surface area contributed by atoms with E-state index < -0.39 is 11.4 Å². The third-order valence-corrected chi connectivity index (χ3v) is 6.08. The predicted molar refractivity (Wildman–Crippen MR) is 128 cm³/mol. The number of ether oxygens (including phenoxy) is 2. The molecule has 9 nitrogen and oxygen atoms in total. The Labute approximate surface area is 197 Å². The third kappa shape index (κ3) is 4.06. The summed E-state index contributed by atoms with van der Waals surface area (Å²) in [5.41, 5.74) is 1.49. The van der Waals surface area contributed by atoms with Crippen LogP contribution in [0.5, 0.6) is 5.75 Å². The Morgan fingerprint density at radius 3 is 2.62 bits per heavy atom. The first-order valence-corrected chi connectivity index (χ1v) is 11.3. The Kier molecular flexibility index (Phi) is 5.97.